The molecule has 0 saturated heterocycles. The SMILES string of the molecule is CC1CCC(Nc2cc(Cl)nc(C(F)(F)F)n2)CC1. The zero-order chi connectivity index (χ0) is 14.0. The lowest BCUT2D eigenvalue weighted by Crippen LogP contribution is -2.26. The van der Waals surface area contributed by atoms with Crippen molar-refractivity contribution in [3.05, 3.63) is 17.0 Å². The average molecular weight is 294 g/mol. The van der Waals surface area contributed by atoms with Gasteiger partial charge in [-0.25, -0.2) is 9.97 Å². The molecule has 1 aliphatic rings. The molecule has 3 nitrogen and oxygen atoms in total. The molecule has 19 heavy (non-hydrogen) atoms. The van der Waals surface area contributed by atoms with Crippen LogP contribution in [0.15, 0.2) is 6.07 Å². The second-order valence-corrected chi connectivity index (χ2v) is 5.39. The van der Waals surface area contributed by atoms with E-state index in [4.69, 9.17) is 11.6 Å². The first-order valence-corrected chi connectivity index (χ1v) is 6.60. The van der Waals surface area contributed by atoms with E-state index in [0.717, 1.165) is 25.7 Å². The minimum Gasteiger partial charge on any atom is -0.367 e. The smallest absolute Gasteiger partial charge is 0.367 e. The summed E-state index contributed by atoms with van der Waals surface area (Å²) in [6.45, 7) is 2.18. The largest absolute Gasteiger partial charge is 0.451 e. The van der Waals surface area contributed by atoms with Crippen LogP contribution in [0.1, 0.15) is 38.4 Å². The second kappa shape index (κ2) is 5.53. The number of alkyl halides is 3. The van der Waals surface area contributed by atoms with E-state index in [-0.39, 0.29) is 17.0 Å². The fraction of sp³-hybridized carbons (Fsp3) is 0.667. The Bertz CT molecular complexity index is 442. The molecule has 0 radical (unpaired) electrons. The number of hydrogen-bond donors (Lipinski definition) is 1. The van der Waals surface area contributed by atoms with E-state index >= 15 is 0 Å². The molecule has 0 amide bonds. The summed E-state index contributed by atoms with van der Waals surface area (Å²) in [5.74, 6) is -0.378. The van der Waals surface area contributed by atoms with Crippen LogP contribution in [0.3, 0.4) is 0 Å². The highest BCUT2D eigenvalue weighted by molar-refractivity contribution is 6.29. The van der Waals surface area contributed by atoms with Crippen LogP contribution in [-0.2, 0) is 6.18 Å². The molecule has 106 valence electrons. The van der Waals surface area contributed by atoms with Gasteiger partial charge in [-0.2, -0.15) is 13.2 Å². The summed E-state index contributed by atoms with van der Waals surface area (Å²) in [6, 6.07) is 1.48. The third-order valence-electron chi connectivity index (χ3n) is 3.32. The second-order valence-electron chi connectivity index (χ2n) is 5.00. The van der Waals surface area contributed by atoms with Crippen LogP contribution in [0.5, 0.6) is 0 Å². The molecule has 0 spiro atoms. The Hall–Kier alpha value is -1.04. The van der Waals surface area contributed by atoms with Gasteiger partial charge in [-0.1, -0.05) is 18.5 Å². The number of nitrogens with zero attached hydrogens (tertiary/aromatic N) is 2. The summed E-state index contributed by atoms with van der Waals surface area (Å²) in [5, 5.41) is 2.82. The standard InChI is InChI=1S/C12H15ClF3N3/c1-7-2-4-8(5-3-7)17-10-6-9(13)18-11(19-10)12(14,15)16/h6-8H,2-5H2,1H3,(H,17,18,19). The summed E-state index contributed by atoms with van der Waals surface area (Å²) in [5.41, 5.74) is 0. The number of rotatable bonds is 2. The van der Waals surface area contributed by atoms with Gasteiger partial charge in [-0.05, 0) is 31.6 Å². The van der Waals surface area contributed by atoms with Crippen molar-refractivity contribution in [3.8, 4) is 0 Å². The van der Waals surface area contributed by atoms with Gasteiger partial charge in [0.1, 0.15) is 11.0 Å². The summed E-state index contributed by atoms with van der Waals surface area (Å²) in [6.07, 6.45) is -0.568. The maximum atomic E-state index is 12.6. The van der Waals surface area contributed by atoms with Crippen molar-refractivity contribution in [3.63, 3.8) is 0 Å². The fourth-order valence-electron chi connectivity index (χ4n) is 2.23. The Kier molecular flexibility index (Phi) is 4.18. The fourth-order valence-corrected chi connectivity index (χ4v) is 2.42. The van der Waals surface area contributed by atoms with Gasteiger partial charge in [0.05, 0.1) is 0 Å². The van der Waals surface area contributed by atoms with Gasteiger partial charge in [-0.15, -0.1) is 0 Å². The number of hydrogen-bond acceptors (Lipinski definition) is 3. The molecule has 0 aromatic carbocycles. The van der Waals surface area contributed by atoms with Crippen molar-refractivity contribution >= 4 is 17.4 Å². The molecular weight excluding hydrogens is 279 g/mol. The van der Waals surface area contributed by atoms with E-state index in [1.54, 1.807) is 0 Å². The molecule has 0 unspecified atom stereocenters. The zero-order valence-electron chi connectivity index (χ0n) is 10.5. The lowest BCUT2D eigenvalue weighted by atomic mass is 9.87. The van der Waals surface area contributed by atoms with Crippen molar-refractivity contribution in [2.75, 3.05) is 5.32 Å². The van der Waals surface area contributed by atoms with Crippen molar-refractivity contribution in [1.29, 1.82) is 0 Å². The first-order chi connectivity index (χ1) is 8.84. The molecule has 0 aliphatic heterocycles. The van der Waals surface area contributed by atoms with E-state index in [1.165, 1.54) is 6.07 Å². The number of aromatic nitrogens is 2. The minimum atomic E-state index is -4.58. The first kappa shape index (κ1) is 14.4. The number of halogens is 4. The minimum absolute atomic E-state index is 0.145. The van der Waals surface area contributed by atoms with Crippen LogP contribution in [0.25, 0.3) is 0 Å². The monoisotopic (exact) mass is 293 g/mol. The third-order valence-corrected chi connectivity index (χ3v) is 3.51. The normalized spacial score (nSPS) is 24.3. The molecule has 7 heteroatoms. The lowest BCUT2D eigenvalue weighted by molar-refractivity contribution is -0.144. The molecule has 1 aliphatic carbocycles. The maximum Gasteiger partial charge on any atom is 0.451 e. The first-order valence-electron chi connectivity index (χ1n) is 6.23. The lowest BCUT2D eigenvalue weighted by Gasteiger charge is -2.27. The van der Waals surface area contributed by atoms with E-state index in [9.17, 15) is 13.2 Å². The molecule has 2 rings (SSSR count). The Morgan fingerprint density at radius 3 is 2.42 bits per heavy atom. The molecule has 1 aromatic rings. The Labute approximate surface area is 114 Å². The summed E-state index contributed by atoms with van der Waals surface area (Å²) >= 11 is 5.61. The molecule has 0 bridgehead atoms. The predicted octanol–water partition coefficient (Wildman–Crippen LogP) is 4.14. The predicted molar refractivity (Wildman–Crippen MR) is 67.1 cm³/mol. The van der Waals surface area contributed by atoms with Gasteiger partial charge in [0.15, 0.2) is 0 Å². The maximum absolute atomic E-state index is 12.6. The highest BCUT2D eigenvalue weighted by Gasteiger charge is 2.35. The van der Waals surface area contributed by atoms with E-state index in [1.807, 2.05) is 0 Å². The zero-order valence-corrected chi connectivity index (χ0v) is 11.2. The van der Waals surface area contributed by atoms with Crippen LogP contribution in [-0.4, -0.2) is 16.0 Å². The van der Waals surface area contributed by atoms with Crippen molar-refractivity contribution < 1.29 is 13.2 Å². The molecule has 1 fully saturated rings. The Morgan fingerprint density at radius 1 is 1.21 bits per heavy atom. The van der Waals surface area contributed by atoms with Crippen LogP contribution < -0.4 is 5.32 Å². The van der Waals surface area contributed by atoms with Crippen LogP contribution >= 0.6 is 11.6 Å². The summed E-state index contributed by atoms with van der Waals surface area (Å²) < 4.78 is 37.7. The van der Waals surface area contributed by atoms with Gasteiger partial charge in [0, 0.05) is 12.1 Å². The topological polar surface area (TPSA) is 37.8 Å². The highest BCUT2D eigenvalue weighted by Crippen LogP contribution is 2.30. The molecule has 1 N–H and O–H groups in total. The van der Waals surface area contributed by atoms with Crippen LogP contribution in [0.4, 0.5) is 19.0 Å². The highest BCUT2D eigenvalue weighted by atomic mass is 35.5. The molecule has 1 heterocycles. The summed E-state index contributed by atoms with van der Waals surface area (Å²) in [7, 11) is 0. The average Bonchev–Trinajstić information content (AvgIpc) is 2.30. The van der Waals surface area contributed by atoms with Gasteiger partial charge in [0.2, 0.25) is 5.82 Å². The van der Waals surface area contributed by atoms with Crippen LogP contribution in [0, 0.1) is 5.92 Å². The number of nitrogens with one attached hydrogen (secondary N) is 1. The Morgan fingerprint density at radius 2 is 1.84 bits per heavy atom. The van der Waals surface area contributed by atoms with Crippen molar-refractivity contribution in [1.82, 2.24) is 9.97 Å². The molecule has 1 saturated carbocycles. The number of anilines is 1. The quantitative estimate of drug-likeness (QED) is 0.833. The molecule has 1 aromatic heterocycles. The van der Waals surface area contributed by atoms with Crippen LogP contribution in [0.2, 0.25) is 5.15 Å². The van der Waals surface area contributed by atoms with E-state index in [0.29, 0.717) is 5.92 Å². The van der Waals surface area contributed by atoms with E-state index < -0.39 is 12.0 Å². The van der Waals surface area contributed by atoms with Crippen molar-refractivity contribution in [2.24, 2.45) is 5.92 Å². The van der Waals surface area contributed by atoms with Crippen molar-refractivity contribution in [2.45, 2.75) is 44.8 Å². The van der Waals surface area contributed by atoms with Gasteiger partial charge in [0.25, 0.3) is 0 Å². The molecule has 0 atom stereocenters. The van der Waals surface area contributed by atoms with Gasteiger partial charge >= 0.3 is 6.18 Å². The summed E-state index contributed by atoms with van der Waals surface area (Å²) in [4.78, 5) is 6.69. The third kappa shape index (κ3) is 3.96. The van der Waals surface area contributed by atoms with E-state index in [2.05, 4.69) is 22.2 Å². The van der Waals surface area contributed by atoms with Gasteiger partial charge < -0.3 is 5.32 Å². The molecular formula is C12H15ClF3N3. The van der Waals surface area contributed by atoms with Gasteiger partial charge in [-0.3, -0.25) is 0 Å². The Balaban J connectivity index is 2.10.